The maximum atomic E-state index is 11.9. The Morgan fingerprint density at radius 2 is 1.80 bits per heavy atom. The van der Waals surface area contributed by atoms with Crippen molar-refractivity contribution in [2.45, 2.75) is 33.6 Å². The van der Waals surface area contributed by atoms with E-state index in [9.17, 15) is 4.79 Å². The molecule has 0 aliphatic rings. The van der Waals surface area contributed by atoms with Gasteiger partial charge in [0.25, 0.3) is 0 Å². The number of nitrogens with one attached hydrogen (secondary N) is 2. The second kappa shape index (κ2) is 7.75. The quantitative estimate of drug-likeness (QED) is 0.590. The van der Waals surface area contributed by atoms with Gasteiger partial charge in [-0.05, 0) is 43.0 Å². The molecule has 0 unspecified atom stereocenters. The number of rotatable bonds is 4. The second-order valence-electron chi connectivity index (χ2n) is 4.24. The lowest BCUT2D eigenvalue weighted by Crippen LogP contribution is -2.40. The first-order chi connectivity index (χ1) is 9.51. The van der Waals surface area contributed by atoms with Gasteiger partial charge in [0.1, 0.15) is 0 Å². The molecule has 110 valence electrons. The molecule has 0 fully saturated rings. The van der Waals surface area contributed by atoms with Crippen LogP contribution in [0.15, 0.2) is 17.1 Å². The van der Waals surface area contributed by atoms with Crippen LogP contribution in [0.1, 0.15) is 31.9 Å². The van der Waals surface area contributed by atoms with Crippen LogP contribution in [-0.2, 0) is 12.8 Å². The van der Waals surface area contributed by atoms with Crippen molar-refractivity contribution in [3.05, 3.63) is 28.3 Å². The van der Waals surface area contributed by atoms with Crippen LogP contribution in [0.25, 0.3) is 0 Å². The Morgan fingerprint density at radius 3 is 2.25 bits per heavy atom. The van der Waals surface area contributed by atoms with Crippen molar-refractivity contribution in [1.82, 2.24) is 5.32 Å². The fourth-order valence-electron chi connectivity index (χ4n) is 1.91. The predicted molar refractivity (Wildman–Crippen MR) is 84.5 cm³/mol. The fraction of sp³-hybridized carbons (Fsp3) is 0.429. The lowest BCUT2D eigenvalue weighted by atomic mass is 10.0. The zero-order chi connectivity index (χ0) is 15.1. The lowest BCUT2D eigenvalue weighted by Gasteiger charge is -2.15. The van der Waals surface area contributed by atoms with Crippen molar-refractivity contribution in [3.63, 3.8) is 0 Å². The van der Waals surface area contributed by atoms with Crippen molar-refractivity contribution >= 4 is 29.3 Å². The van der Waals surface area contributed by atoms with Gasteiger partial charge < -0.3 is 11.1 Å². The van der Waals surface area contributed by atoms with Gasteiger partial charge in [0, 0.05) is 17.3 Å². The third kappa shape index (κ3) is 4.42. The number of halogens is 1. The first kappa shape index (κ1) is 16.3. The molecule has 0 spiro atoms. The molecule has 0 aliphatic heterocycles. The number of hydrogen-bond donors (Lipinski definition) is 3. The SMILES string of the molecule is CCN=C(N)NC(=O)Nc1c(CC)cc(Cl)cc1CC. The summed E-state index contributed by atoms with van der Waals surface area (Å²) in [6.07, 6.45) is 1.56. The first-order valence-electron chi connectivity index (χ1n) is 6.70. The van der Waals surface area contributed by atoms with Gasteiger partial charge in [-0.3, -0.25) is 10.3 Å². The summed E-state index contributed by atoms with van der Waals surface area (Å²) in [5, 5.41) is 6.00. The molecule has 0 radical (unpaired) electrons. The van der Waals surface area contributed by atoms with Crippen LogP contribution in [0.2, 0.25) is 5.02 Å². The Bertz CT molecular complexity index is 489. The van der Waals surface area contributed by atoms with Crippen LogP contribution in [0, 0.1) is 0 Å². The summed E-state index contributed by atoms with van der Waals surface area (Å²) in [5.74, 6) is 0.107. The van der Waals surface area contributed by atoms with E-state index < -0.39 is 6.03 Å². The van der Waals surface area contributed by atoms with Crippen molar-refractivity contribution in [1.29, 1.82) is 0 Å². The zero-order valence-electron chi connectivity index (χ0n) is 12.1. The molecule has 1 aromatic carbocycles. The summed E-state index contributed by atoms with van der Waals surface area (Å²) in [5.41, 5.74) is 8.35. The molecular formula is C14H21ClN4O. The van der Waals surface area contributed by atoms with Crippen LogP contribution in [0.3, 0.4) is 0 Å². The highest BCUT2D eigenvalue weighted by Gasteiger charge is 2.12. The normalized spacial score (nSPS) is 11.3. The van der Waals surface area contributed by atoms with Crippen LogP contribution >= 0.6 is 11.6 Å². The lowest BCUT2D eigenvalue weighted by molar-refractivity contribution is 0.256. The molecule has 1 aromatic rings. The fourth-order valence-corrected chi connectivity index (χ4v) is 2.18. The largest absolute Gasteiger partial charge is 0.370 e. The first-order valence-corrected chi connectivity index (χ1v) is 7.08. The van der Waals surface area contributed by atoms with Gasteiger partial charge in [-0.15, -0.1) is 0 Å². The molecular weight excluding hydrogens is 276 g/mol. The van der Waals surface area contributed by atoms with Crippen molar-refractivity contribution in [3.8, 4) is 0 Å². The number of carbonyl (C=O) groups excluding carboxylic acids is 1. The summed E-state index contributed by atoms with van der Waals surface area (Å²) < 4.78 is 0. The Labute approximate surface area is 124 Å². The number of hydrogen-bond acceptors (Lipinski definition) is 2. The van der Waals surface area contributed by atoms with E-state index in [0.717, 1.165) is 29.7 Å². The molecule has 5 nitrogen and oxygen atoms in total. The molecule has 0 heterocycles. The number of benzene rings is 1. The summed E-state index contributed by atoms with van der Waals surface area (Å²) in [7, 11) is 0. The number of nitrogens with zero attached hydrogens (tertiary/aromatic N) is 1. The van der Waals surface area contributed by atoms with E-state index in [1.165, 1.54) is 0 Å². The van der Waals surface area contributed by atoms with Crippen molar-refractivity contribution < 1.29 is 4.79 Å². The Kier molecular flexibility index (Phi) is 6.31. The second-order valence-corrected chi connectivity index (χ2v) is 4.68. The molecule has 2 amide bonds. The Hall–Kier alpha value is -1.75. The minimum absolute atomic E-state index is 0.107. The standard InChI is InChI=1S/C14H21ClN4O/c1-4-9-7-11(15)8-10(5-2)12(9)18-14(20)19-13(16)17-6-3/h7-8H,4-6H2,1-3H3,(H4,16,17,18,19,20). The number of nitrogens with two attached hydrogens (primary N) is 1. The maximum absolute atomic E-state index is 11.9. The van der Waals surface area contributed by atoms with E-state index >= 15 is 0 Å². The van der Waals surface area contributed by atoms with Crippen LogP contribution in [0.5, 0.6) is 0 Å². The van der Waals surface area contributed by atoms with Gasteiger partial charge in [0.2, 0.25) is 0 Å². The highest BCUT2D eigenvalue weighted by molar-refractivity contribution is 6.30. The summed E-state index contributed by atoms with van der Waals surface area (Å²) in [6, 6.07) is 3.33. The zero-order valence-corrected chi connectivity index (χ0v) is 12.8. The summed E-state index contributed by atoms with van der Waals surface area (Å²) in [6.45, 7) is 6.39. The van der Waals surface area contributed by atoms with Crippen LogP contribution in [0.4, 0.5) is 10.5 Å². The van der Waals surface area contributed by atoms with Gasteiger partial charge in [-0.2, -0.15) is 0 Å². The van der Waals surface area contributed by atoms with Gasteiger partial charge in [0.15, 0.2) is 5.96 Å². The molecule has 0 atom stereocenters. The smallest absolute Gasteiger partial charge is 0.326 e. The van der Waals surface area contributed by atoms with Gasteiger partial charge >= 0.3 is 6.03 Å². The molecule has 1 rings (SSSR count). The molecule has 0 saturated heterocycles. The maximum Gasteiger partial charge on any atom is 0.326 e. The number of aliphatic imine (C=N–C) groups is 1. The number of guanidine groups is 1. The third-order valence-corrected chi connectivity index (χ3v) is 3.06. The number of anilines is 1. The van der Waals surface area contributed by atoms with E-state index in [-0.39, 0.29) is 5.96 Å². The third-order valence-electron chi connectivity index (χ3n) is 2.84. The number of aryl methyl sites for hydroxylation is 2. The number of carbonyl (C=O) groups is 1. The van der Waals surface area contributed by atoms with Gasteiger partial charge in [0.05, 0.1) is 0 Å². The monoisotopic (exact) mass is 296 g/mol. The van der Waals surface area contributed by atoms with Crippen LogP contribution < -0.4 is 16.4 Å². The predicted octanol–water partition coefficient (Wildman–Crippen LogP) is 2.92. The minimum atomic E-state index is -0.397. The van der Waals surface area contributed by atoms with Crippen molar-refractivity contribution in [2.75, 3.05) is 11.9 Å². The molecule has 0 saturated carbocycles. The van der Waals surface area contributed by atoms with E-state index in [2.05, 4.69) is 15.6 Å². The van der Waals surface area contributed by atoms with Crippen molar-refractivity contribution in [2.24, 2.45) is 10.7 Å². The molecule has 0 aliphatic carbocycles. The average molecular weight is 297 g/mol. The molecule has 20 heavy (non-hydrogen) atoms. The molecule has 0 aromatic heterocycles. The van der Waals surface area contributed by atoms with E-state index in [1.807, 2.05) is 32.9 Å². The molecule has 6 heteroatoms. The molecule has 4 N–H and O–H groups in total. The van der Waals surface area contributed by atoms with Gasteiger partial charge in [-0.1, -0.05) is 25.4 Å². The topological polar surface area (TPSA) is 79.5 Å². The van der Waals surface area contributed by atoms with Gasteiger partial charge in [-0.25, -0.2) is 4.79 Å². The average Bonchev–Trinajstić information content (AvgIpc) is 2.40. The van der Waals surface area contributed by atoms with E-state index in [0.29, 0.717) is 11.6 Å². The minimum Gasteiger partial charge on any atom is -0.370 e. The summed E-state index contributed by atoms with van der Waals surface area (Å²) >= 11 is 6.07. The number of urea groups is 1. The Balaban J connectivity index is 2.96. The summed E-state index contributed by atoms with van der Waals surface area (Å²) in [4.78, 5) is 15.8. The van der Waals surface area contributed by atoms with Crippen LogP contribution in [-0.4, -0.2) is 18.5 Å². The highest BCUT2D eigenvalue weighted by Crippen LogP contribution is 2.27. The van der Waals surface area contributed by atoms with E-state index in [4.69, 9.17) is 17.3 Å². The Morgan fingerprint density at radius 1 is 1.25 bits per heavy atom. The molecule has 0 bridgehead atoms. The highest BCUT2D eigenvalue weighted by atomic mass is 35.5. The number of amides is 2. The van der Waals surface area contributed by atoms with E-state index in [1.54, 1.807) is 0 Å².